The molecule has 0 saturated heterocycles. The minimum Gasteiger partial charge on any atom is -0.493 e. The SMILES string of the molecule is Cn1ccn(CCCOc2cccc(N)c2)c(=O)c1=O. The molecule has 6 heteroatoms. The Balaban J connectivity index is 1.89. The zero-order chi connectivity index (χ0) is 14.5. The van der Waals surface area contributed by atoms with Gasteiger partial charge in [0.1, 0.15) is 5.75 Å². The lowest BCUT2D eigenvalue weighted by molar-refractivity contribution is 0.300. The molecule has 1 aromatic carbocycles. The number of aromatic nitrogens is 2. The van der Waals surface area contributed by atoms with E-state index in [4.69, 9.17) is 10.5 Å². The molecule has 20 heavy (non-hydrogen) atoms. The van der Waals surface area contributed by atoms with Crippen molar-refractivity contribution in [3.05, 3.63) is 57.4 Å². The van der Waals surface area contributed by atoms with Crippen LogP contribution in [-0.2, 0) is 13.6 Å². The van der Waals surface area contributed by atoms with Gasteiger partial charge in [-0.1, -0.05) is 6.07 Å². The Bertz CT molecular complexity index is 703. The summed E-state index contributed by atoms with van der Waals surface area (Å²) in [7, 11) is 1.55. The number of nitrogens with two attached hydrogens (primary N) is 1. The number of rotatable bonds is 5. The van der Waals surface area contributed by atoms with Crippen molar-refractivity contribution in [3.8, 4) is 5.75 Å². The predicted molar refractivity (Wildman–Crippen MR) is 76.9 cm³/mol. The van der Waals surface area contributed by atoms with E-state index in [2.05, 4.69) is 0 Å². The quantitative estimate of drug-likeness (QED) is 0.492. The van der Waals surface area contributed by atoms with Crippen molar-refractivity contribution in [2.24, 2.45) is 7.05 Å². The molecule has 0 atom stereocenters. The smallest absolute Gasteiger partial charge is 0.316 e. The zero-order valence-corrected chi connectivity index (χ0v) is 11.3. The third kappa shape index (κ3) is 3.28. The first-order chi connectivity index (χ1) is 9.58. The van der Waals surface area contributed by atoms with Crippen LogP contribution in [0.1, 0.15) is 6.42 Å². The van der Waals surface area contributed by atoms with E-state index in [0.717, 1.165) is 0 Å². The van der Waals surface area contributed by atoms with E-state index in [0.29, 0.717) is 31.0 Å². The van der Waals surface area contributed by atoms with E-state index in [1.807, 2.05) is 12.1 Å². The van der Waals surface area contributed by atoms with Crippen LogP contribution in [0.15, 0.2) is 46.2 Å². The summed E-state index contributed by atoms with van der Waals surface area (Å²) in [5, 5.41) is 0. The highest BCUT2D eigenvalue weighted by Gasteiger charge is 2.02. The molecule has 0 fully saturated rings. The molecule has 0 aliphatic carbocycles. The first-order valence-corrected chi connectivity index (χ1v) is 6.32. The lowest BCUT2D eigenvalue weighted by Gasteiger charge is -2.08. The predicted octanol–water partition coefficient (Wildman–Crippen LogP) is 0.598. The van der Waals surface area contributed by atoms with Crippen LogP contribution >= 0.6 is 0 Å². The molecule has 2 aromatic rings. The molecule has 0 bridgehead atoms. The van der Waals surface area contributed by atoms with Crippen molar-refractivity contribution < 1.29 is 4.74 Å². The minimum atomic E-state index is -0.524. The van der Waals surface area contributed by atoms with Gasteiger partial charge < -0.3 is 19.6 Å². The molecule has 0 unspecified atom stereocenters. The van der Waals surface area contributed by atoms with Gasteiger partial charge in [0.25, 0.3) is 0 Å². The van der Waals surface area contributed by atoms with Crippen LogP contribution in [0.25, 0.3) is 0 Å². The van der Waals surface area contributed by atoms with Crippen LogP contribution in [0.4, 0.5) is 5.69 Å². The molecule has 2 N–H and O–H groups in total. The summed E-state index contributed by atoms with van der Waals surface area (Å²) in [6.07, 6.45) is 3.80. The first-order valence-electron chi connectivity index (χ1n) is 6.32. The fourth-order valence-electron chi connectivity index (χ4n) is 1.79. The van der Waals surface area contributed by atoms with Crippen LogP contribution in [0, 0.1) is 0 Å². The van der Waals surface area contributed by atoms with Crippen molar-refractivity contribution in [2.45, 2.75) is 13.0 Å². The van der Waals surface area contributed by atoms with E-state index in [9.17, 15) is 9.59 Å². The monoisotopic (exact) mass is 275 g/mol. The van der Waals surface area contributed by atoms with Gasteiger partial charge in [0.2, 0.25) is 0 Å². The summed E-state index contributed by atoms with van der Waals surface area (Å²) in [6, 6.07) is 7.16. The second-order valence-corrected chi connectivity index (χ2v) is 4.49. The van der Waals surface area contributed by atoms with E-state index in [1.54, 1.807) is 31.6 Å². The lowest BCUT2D eigenvalue weighted by Crippen LogP contribution is -2.39. The van der Waals surface area contributed by atoms with Gasteiger partial charge in [0.15, 0.2) is 0 Å². The van der Waals surface area contributed by atoms with Gasteiger partial charge in [-0.3, -0.25) is 9.59 Å². The van der Waals surface area contributed by atoms with E-state index < -0.39 is 11.1 Å². The second kappa shape index (κ2) is 6.10. The molecule has 106 valence electrons. The number of anilines is 1. The van der Waals surface area contributed by atoms with Crippen LogP contribution in [0.2, 0.25) is 0 Å². The Morgan fingerprint density at radius 3 is 2.75 bits per heavy atom. The van der Waals surface area contributed by atoms with Crippen molar-refractivity contribution in [3.63, 3.8) is 0 Å². The van der Waals surface area contributed by atoms with Crippen molar-refractivity contribution in [1.29, 1.82) is 0 Å². The zero-order valence-electron chi connectivity index (χ0n) is 11.3. The third-order valence-electron chi connectivity index (χ3n) is 2.90. The molecule has 1 heterocycles. The van der Waals surface area contributed by atoms with Crippen molar-refractivity contribution in [1.82, 2.24) is 9.13 Å². The molecule has 0 amide bonds. The molecule has 0 saturated carbocycles. The topological polar surface area (TPSA) is 79.2 Å². The highest BCUT2D eigenvalue weighted by molar-refractivity contribution is 5.43. The molecule has 0 aliphatic rings. The standard InChI is InChI=1S/C14H17N3O3/c1-16-7-8-17(14(19)13(16)18)6-3-9-20-12-5-2-4-11(15)10-12/h2,4-5,7-8,10H,3,6,9,15H2,1H3. The molecule has 1 aromatic heterocycles. The minimum absolute atomic E-state index is 0.442. The highest BCUT2D eigenvalue weighted by atomic mass is 16.5. The lowest BCUT2D eigenvalue weighted by atomic mass is 10.3. The molecule has 0 spiro atoms. The second-order valence-electron chi connectivity index (χ2n) is 4.49. The molecule has 2 rings (SSSR count). The van der Waals surface area contributed by atoms with Gasteiger partial charge >= 0.3 is 11.1 Å². The number of benzene rings is 1. The Kier molecular flexibility index (Phi) is 4.24. The molecule has 0 aliphatic heterocycles. The average Bonchev–Trinajstić information content (AvgIpc) is 2.43. The number of nitrogen functional groups attached to an aromatic ring is 1. The normalized spacial score (nSPS) is 10.4. The summed E-state index contributed by atoms with van der Waals surface area (Å²) < 4.78 is 8.18. The summed E-state index contributed by atoms with van der Waals surface area (Å²) >= 11 is 0. The Hall–Kier alpha value is -2.50. The van der Waals surface area contributed by atoms with Gasteiger partial charge in [-0.05, 0) is 18.6 Å². The Labute approximate surface area is 116 Å². The van der Waals surface area contributed by atoms with Gasteiger partial charge in [-0.2, -0.15) is 0 Å². The maximum atomic E-state index is 11.7. The third-order valence-corrected chi connectivity index (χ3v) is 2.90. The fourth-order valence-corrected chi connectivity index (χ4v) is 1.79. The first kappa shape index (κ1) is 13.9. The molecular formula is C14H17N3O3. The summed E-state index contributed by atoms with van der Waals surface area (Å²) in [5.41, 5.74) is 5.25. The van der Waals surface area contributed by atoms with Crippen molar-refractivity contribution in [2.75, 3.05) is 12.3 Å². The van der Waals surface area contributed by atoms with Gasteiger partial charge in [-0.15, -0.1) is 0 Å². The summed E-state index contributed by atoms with van der Waals surface area (Å²) in [4.78, 5) is 23.1. The summed E-state index contributed by atoms with van der Waals surface area (Å²) in [5.74, 6) is 0.696. The Morgan fingerprint density at radius 2 is 2.00 bits per heavy atom. The summed E-state index contributed by atoms with van der Waals surface area (Å²) in [6.45, 7) is 0.891. The average molecular weight is 275 g/mol. The number of nitrogens with zero attached hydrogens (tertiary/aromatic N) is 2. The maximum absolute atomic E-state index is 11.7. The van der Waals surface area contributed by atoms with Crippen LogP contribution in [-0.4, -0.2) is 15.7 Å². The number of aryl methyl sites for hydroxylation is 2. The molecule has 0 radical (unpaired) electrons. The van der Waals surface area contributed by atoms with Gasteiger partial charge in [0.05, 0.1) is 6.61 Å². The van der Waals surface area contributed by atoms with Crippen LogP contribution in [0.3, 0.4) is 0 Å². The number of ether oxygens (including phenoxy) is 1. The van der Waals surface area contributed by atoms with Crippen LogP contribution < -0.4 is 21.6 Å². The van der Waals surface area contributed by atoms with Crippen molar-refractivity contribution >= 4 is 5.69 Å². The largest absolute Gasteiger partial charge is 0.493 e. The highest BCUT2D eigenvalue weighted by Crippen LogP contribution is 2.14. The molecular weight excluding hydrogens is 258 g/mol. The fraction of sp³-hybridized carbons (Fsp3) is 0.286. The van der Waals surface area contributed by atoms with E-state index in [-0.39, 0.29) is 0 Å². The van der Waals surface area contributed by atoms with Crippen LogP contribution in [0.5, 0.6) is 5.75 Å². The van der Waals surface area contributed by atoms with Gasteiger partial charge in [0, 0.05) is 37.7 Å². The van der Waals surface area contributed by atoms with E-state index >= 15 is 0 Å². The molecule has 6 nitrogen and oxygen atoms in total. The number of hydrogen-bond donors (Lipinski definition) is 1. The maximum Gasteiger partial charge on any atom is 0.316 e. The van der Waals surface area contributed by atoms with E-state index in [1.165, 1.54) is 9.13 Å². The van der Waals surface area contributed by atoms with Gasteiger partial charge in [-0.25, -0.2) is 0 Å². The Morgan fingerprint density at radius 1 is 1.20 bits per heavy atom. The number of hydrogen-bond acceptors (Lipinski definition) is 4.